The van der Waals surface area contributed by atoms with Gasteiger partial charge in [-0.05, 0) is 29.7 Å². The van der Waals surface area contributed by atoms with Crippen molar-refractivity contribution in [2.45, 2.75) is 19.8 Å². The van der Waals surface area contributed by atoms with Crippen LogP contribution in [0.2, 0.25) is 0 Å². The second-order valence-electron chi connectivity index (χ2n) is 6.60. The molecule has 2 aromatic carbocycles. The predicted octanol–water partition coefficient (Wildman–Crippen LogP) is 3.23. The van der Waals surface area contributed by atoms with E-state index in [0.717, 1.165) is 16.1 Å². The fourth-order valence-electron chi connectivity index (χ4n) is 2.83. The second-order valence-corrected chi connectivity index (χ2v) is 8.51. The summed E-state index contributed by atoms with van der Waals surface area (Å²) in [6.45, 7) is 3.61. The zero-order valence-corrected chi connectivity index (χ0v) is 17.5. The molecule has 0 saturated carbocycles. The van der Waals surface area contributed by atoms with Crippen molar-refractivity contribution in [2.24, 2.45) is 0 Å². The van der Waals surface area contributed by atoms with E-state index in [1.54, 1.807) is 30.3 Å². The number of hydrogen-bond donors (Lipinski definition) is 1. The Hall–Kier alpha value is -2.74. The van der Waals surface area contributed by atoms with Crippen molar-refractivity contribution in [3.8, 4) is 11.5 Å². The number of carbonyl (C=O) groups is 1. The summed E-state index contributed by atoms with van der Waals surface area (Å²) in [5, 5.41) is 2.71. The van der Waals surface area contributed by atoms with Crippen molar-refractivity contribution >= 4 is 27.3 Å². The maximum atomic E-state index is 12.6. The van der Waals surface area contributed by atoms with Gasteiger partial charge in [-0.1, -0.05) is 32.0 Å². The standard InChI is InChI=1S/C20H26N2O5S/c1-14(2)16-8-6-7-9-17(16)22(28(5,24)25)13-20(23)21-15-10-11-18(26-3)19(12-15)27-4/h6-12,14H,13H2,1-5H3,(H,21,23). The minimum absolute atomic E-state index is 0.106. The molecule has 0 saturated heterocycles. The molecule has 2 rings (SSSR count). The Bertz CT molecular complexity index is 941. The van der Waals surface area contributed by atoms with Gasteiger partial charge in [-0.15, -0.1) is 0 Å². The van der Waals surface area contributed by atoms with Crippen LogP contribution >= 0.6 is 0 Å². The normalized spacial score (nSPS) is 11.2. The van der Waals surface area contributed by atoms with Gasteiger partial charge in [-0.3, -0.25) is 9.10 Å². The topological polar surface area (TPSA) is 84.9 Å². The number of anilines is 2. The molecule has 152 valence electrons. The molecule has 1 amide bonds. The van der Waals surface area contributed by atoms with Crippen LogP contribution in [-0.4, -0.2) is 41.3 Å². The average Bonchev–Trinajstić information content (AvgIpc) is 2.65. The highest BCUT2D eigenvalue weighted by atomic mass is 32.2. The SMILES string of the molecule is COc1ccc(NC(=O)CN(c2ccccc2C(C)C)S(C)(=O)=O)cc1OC. The van der Waals surface area contributed by atoms with Crippen LogP contribution in [0.3, 0.4) is 0 Å². The van der Waals surface area contributed by atoms with Crippen molar-refractivity contribution in [2.75, 3.05) is 36.6 Å². The third kappa shape index (κ3) is 5.16. The number of sulfonamides is 1. The Morgan fingerprint density at radius 3 is 2.29 bits per heavy atom. The number of nitrogens with zero attached hydrogens (tertiary/aromatic N) is 1. The van der Waals surface area contributed by atoms with Crippen LogP contribution < -0.4 is 19.1 Å². The van der Waals surface area contributed by atoms with E-state index in [4.69, 9.17) is 9.47 Å². The highest BCUT2D eigenvalue weighted by Crippen LogP contribution is 2.31. The molecule has 7 nitrogen and oxygen atoms in total. The number of hydrogen-bond acceptors (Lipinski definition) is 5. The highest BCUT2D eigenvalue weighted by Gasteiger charge is 2.24. The molecule has 2 aromatic rings. The van der Waals surface area contributed by atoms with Crippen LogP contribution in [0.15, 0.2) is 42.5 Å². The first-order chi connectivity index (χ1) is 13.2. The lowest BCUT2D eigenvalue weighted by Gasteiger charge is -2.25. The van der Waals surface area contributed by atoms with Crippen molar-refractivity contribution in [3.63, 3.8) is 0 Å². The van der Waals surface area contributed by atoms with Crippen LogP contribution in [0.1, 0.15) is 25.3 Å². The lowest BCUT2D eigenvalue weighted by atomic mass is 10.0. The molecule has 0 unspecified atom stereocenters. The van der Waals surface area contributed by atoms with E-state index in [1.165, 1.54) is 14.2 Å². The number of nitrogens with one attached hydrogen (secondary N) is 1. The molecule has 0 fully saturated rings. The summed E-state index contributed by atoms with van der Waals surface area (Å²) in [5.41, 5.74) is 1.84. The first kappa shape index (κ1) is 21.6. The number of amides is 1. The maximum Gasteiger partial charge on any atom is 0.245 e. The van der Waals surface area contributed by atoms with Crippen LogP contribution in [0.4, 0.5) is 11.4 Å². The zero-order chi connectivity index (χ0) is 20.9. The van der Waals surface area contributed by atoms with Crippen molar-refractivity contribution < 1.29 is 22.7 Å². The van der Waals surface area contributed by atoms with E-state index in [-0.39, 0.29) is 12.5 Å². The van der Waals surface area contributed by atoms with Crippen molar-refractivity contribution in [1.82, 2.24) is 0 Å². The lowest BCUT2D eigenvalue weighted by molar-refractivity contribution is -0.114. The molecule has 28 heavy (non-hydrogen) atoms. The summed E-state index contributed by atoms with van der Waals surface area (Å²) in [6, 6.07) is 12.1. The third-order valence-corrected chi connectivity index (χ3v) is 5.31. The monoisotopic (exact) mass is 406 g/mol. The molecule has 0 aromatic heterocycles. The Morgan fingerprint density at radius 2 is 1.71 bits per heavy atom. The molecule has 0 aliphatic heterocycles. The zero-order valence-electron chi connectivity index (χ0n) is 16.7. The van der Waals surface area contributed by atoms with Gasteiger partial charge in [0.05, 0.1) is 26.2 Å². The largest absolute Gasteiger partial charge is 0.493 e. The smallest absolute Gasteiger partial charge is 0.245 e. The Kier molecular flexibility index (Phi) is 6.90. The van der Waals surface area contributed by atoms with Gasteiger partial charge < -0.3 is 14.8 Å². The van der Waals surface area contributed by atoms with Crippen molar-refractivity contribution in [1.29, 1.82) is 0 Å². The van der Waals surface area contributed by atoms with Gasteiger partial charge in [-0.2, -0.15) is 0 Å². The molecule has 0 aliphatic rings. The minimum Gasteiger partial charge on any atom is -0.493 e. The van der Waals surface area contributed by atoms with E-state index in [2.05, 4.69) is 5.32 Å². The summed E-state index contributed by atoms with van der Waals surface area (Å²) in [6.07, 6.45) is 1.09. The lowest BCUT2D eigenvalue weighted by Crippen LogP contribution is -2.38. The first-order valence-corrected chi connectivity index (χ1v) is 10.6. The van der Waals surface area contributed by atoms with E-state index in [9.17, 15) is 13.2 Å². The Morgan fingerprint density at radius 1 is 1.07 bits per heavy atom. The number of para-hydroxylation sites is 1. The Balaban J connectivity index is 2.28. The number of benzene rings is 2. The molecule has 0 spiro atoms. The number of methoxy groups -OCH3 is 2. The summed E-state index contributed by atoms with van der Waals surface area (Å²) in [5.74, 6) is 0.639. The Labute approximate surface area is 166 Å². The maximum absolute atomic E-state index is 12.6. The summed E-state index contributed by atoms with van der Waals surface area (Å²) in [4.78, 5) is 12.6. The van der Waals surface area contributed by atoms with E-state index in [1.807, 2.05) is 26.0 Å². The van der Waals surface area contributed by atoms with Gasteiger partial charge >= 0.3 is 0 Å². The van der Waals surface area contributed by atoms with Crippen LogP contribution in [0.25, 0.3) is 0 Å². The average molecular weight is 407 g/mol. The first-order valence-electron chi connectivity index (χ1n) is 8.76. The van der Waals surface area contributed by atoms with Gasteiger partial charge in [0.1, 0.15) is 6.54 Å². The molecular formula is C20H26N2O5S. The van der Waals surface area contributed by atoms with Gasteiger partial charge in [0.2, 0.25) is 15.9 Å². The molecule has 0 heterocycles. The van der Waals surface area contributed by atoms with E-state index < -0.39 is 15.9 Å². The van der Waals surface area contributed by atoms with Crippen LogP contribution in [0.5, 0.6) is 11.5 Å². The minimum atomic E-state index is -3.66. The van der Waals surface area contributed by atoms with E-state index in [0.29, 0.717) is 22.9 Å². The van der Waals surface area contributed by atoms with Crippen LogP contribution in [0, 0.1) is 0 Å². The summed E-state index contributed by atoms with van der Waals surface area (Å²) in [7, 11) is -0.639. The fourth-order valence-corrected chi connectivity index (χ4v) is 3.70. The molecule has 0 atom stereocenters. The van der Waals surface area contributed by atoms with Gasteiger partial charge in [0, 0.05) is 11.8 Å². The van der Waals surface area contributed by atoms with Gasteiger partial charge in [-0.25, -0.2) is 8.42 Å². The van der Waals surface area contributed by atoms with E-state index >= 15 is 0 Å². The molecule has 0 radical (unpaired) electrons. The number of ether oxygens (including phenoxy) is 2. The molecule has 1 N–H and O–H groups in total. The second kappa shape index (κ2) is 8.97. The third-order valence-electron chi connectivity index (χ3n) is 4.18. The molecule has 0 bridgehead atoms. The van der Waals surface area contributed by atoms with Gasteiger partial charge in [0.15, 0.2) is 11.5 Å². The highest BCUT2D eigenvalue weighted by molar-refractivity contribution is 7.92. The summed E-state index contributed by atoms with van der Waals surface area (Å²) >= 11 is 0. The fraction of sp³-hybridized carbons (Fsp3) is 0.350. The predicted molar refractivity (Wildman–Crippen MR) is 111 cm³/mol. The van der Waals surface area contributed by atoms with Gasteiger partial charge in [0.25, 0.3) is 0 Å². The quantitative estimate of drug-likeness (QED) is 0.727. The van der Waals surface area contributed by atoms with Crippen molar-refractivity contribution in [3.05, 3.63) is 48.0 Å². The van der Waals surface area contributed by atoms with Crippen LogP contribution in [-0.2, 0) is 14.8 Å². The number of rotatable bonds is 8. The molecule has 0 aliphatic carbocycles. The molecule has 8 heteroatoms. The molecular weight excluding hydrogens is 380 g/mol. The number of carbonyl (C=O) groups excluding carboxylic acids is 1. The summed E-state index contributed by atoms with van der Waals surface area (Å²) < 4.78 is 36.3.